The van der Waals surface area contributed by atoms with Crippen LogP contribution in [0.15, 0.2) is 35.1 Å². The van der Waals surface area contributed by atoms with Crippen molar-refractivity contribution in [2.24, 2.45) is 0 Å². The van der Waals surface area contributed by atoms with Crippen molar-refractivity contribution < 1.29 is 26.4 Å². The number of halogens is 5. The van der Waals surface area contributed by atoms with Gasteiger partial charge in [-0.1, -0.05) is 5.10 Å². The van der Waals surface area contributed by atoms with E-state index in [1.165, 1.54) is 29.6 Å². The number of anilines is 1. The van der Waals surface area contributed by atoms with E-state index < -0.39 is 30.1 Å². The van der Waals surface area contributed by atoms with E-state index in [0.717, 1.165) is 16.3 Å². The topological polar surface area (TPSA) is 88.1 Å². The molecule has 0 aromatic carbocycles. The maximum Gasteiger partial charge on any atom is 0.418 e. The SMILES string of the molecule is FC(F)c1nnc(N2CCc3[nH]cnc3[C@H]2c2cc3c(C(F)(F)F)cccn3n2)o1. The van der Waals surface area contributed by atoms with Gasteiger partial charge in [0.2, 0.25) is 0 Å². The highest BCUT2D eigenvalue weighted by Crippen LogP contribution is 2.38. The number of imidazole rings is 1. The van der Waals surface area contributed by atoms with Gasteiger partial charge in [-0.15, -0.1) is 5.10 Å². The molecule has 4 aromatic heterocycles. The predicted molar refractivity (Wildman–Crippen MR) is 90.9 cm³/mol. The van der Waals surface area contributed by atoms with Gasteiger partial charge in [0.1, 0.15) is 6.04 Å². The van der Waals surface area contributed by atoms with Crippen LogP contribution in [0.25, 0.3) is 5.52 Å². The van der Waals surface area contributed by atoms with Gasteiger partial charge in [-0.05, 0) is 18.2 Å². The fourth-order valence-corrected chi connectivity index (χ4v) is 3.62. The number of aromatic nitrogens is 6. The molecule has 0 unspecified atom stereocenters. The summed E-state index contributed by atoms with van der Waals surface area (Å²) in [7, 11) is 0. The van der Waals surface area contributed by atoms with Crippen LogP contribution in [0.3, 0.4) is 0 Å². The van der Waals surface area contributed by atoms with Gasteiger partial charge in [-0.2, -0.15) is 27.1 Å². The lowest BCUT2D eigenvalue weighted by Crippen LogP contribution is -2.36. The van der Waals surface area contributed by atoms with Gasteiger partial charge in [0.25, 0.3) is 5.89 Å². The number of hydrogen-bond acceptors (Lipinski definition) is 6. The van der Waals surface area contributed by atoms with Crippen LogP contribution in [0, 0.1) is 0 Å². The van der Waals surface area contributed by atoms with Gasteiger partial charge in [0, 0.05) is 24.9 Å². The lowest BCUT2D eigenvalue weighted by Gasteiger charge is -2.32. The van der Waals surface area contributed by atoms with Gasteiger partial charge in [-0.3, -0.25) is 0 Å². The maximum absolute atomic E-state index is 13.4. The van der Waals surface area contributed by atoms with Gasteiger partial charge >= 0.3 is 18.6 Å². The third-order valence-electron chi connectivity index (χ3n) is 4.89. The number of aromatic amines is 1. The van der Waals surface area contributed by atoms with Crippen molar-refractivity contribution in [2.75, 3.05) is 11.4 Å². The summed E-state index contributed by atoms with van der Waals surface area (Å²) >= 11 is 0. The molecule has 5 heterocycles. The average Bonchev–Trinajstić information content (AvgIpc) is 3.43. The van der Waals surface area contributed by atoms with Crippen LogP contribution in [0.5, 0.6) is 0 Å². The molecule has 0 fully saturated rings. The van der Waals surface area contributed by atoms with Crippen molar-refractivity contribution in [2.45, 2.75) is 25.1 Å². The third kappa shape index (κ3) is 2.88. The Morgan fingerprint density at radius 3 is 2.80 bits per heavy atom. The van der Waals surface area contributed by atoms with Crippen molar-refractivity contribution in [1.82, 2.24) is 29.8 Å². The van der Waals surface area contributed by atoms with Crippen molar-refractivity contribution in [3.8, 4) is 0 Å². The minimum Gasteiger partial charge on any atom is -0.402 e. The van der Waals surface area contributed by atoms with Crippen molar-refractivity contribution in [3.63, 3.8) is 0 Å². The molecule has 30 heavy (non-hydrogen) atoms. The van der Waals surface area contributed by atoms with E-state index in [9.17, 15) is 22.0 Å². The largest absolute Gasteiger partial charge is 0.418 e. The summed E-state index contributed by atoms with van der Waals surface area (Å²) in [6.45, 7) is 0.282. The molecule has 0 amide bonds. The number of hydrogen-bond donors (Lipinski definition) is 1. The highest BCUT2D eigenvalue weighted by molar-refractivity contribution is 5.58. The number of nitrogens with one attached hydrogen (secondary N) is 1. The van der Waals surface area contributed by atoms with E-state index in [1.807, 2.05) is 0 Å². The smallest absolute Gasteiger partial charge is 0.402 e. The standard InChI is InChI=1S/C17H12F5N7O/c18-14(19)15-25-26-16(30-15)28-5-3-9-12(24-7-23-9)13(28)10-6-11-8(17(20,21)22)2-1-4-29(11)27-10/h1-2,4,6-7,13-14H,3,5H2,(H,23,24)/t13-/m1/s1. The van der Waals surface area contributed by atoms with Crippen LogP contribution >= 0.6 is 0 Å². The minimum atomic E-state index is -4.57. The van der Waals surface area contributed by atoms with E-state index in [4.69, 9.17) is 4.42 Å². The number of nitrogens with zero attached hydrogens (tertiary/aromatic N) is 6. The quantitative estimate of drug-likeness (QED) is 0.505. The van der Waals surface area contributed by atoms with E-state index in [2.05, 4.69) is 25.3 Å². The Morgan fingerprint density at radius 2 is 2.07 bits per heavy atom. The molecule has 0 saturated carbocycles. The van der Waals surface area contributed by atoms with E-state index >= 15 is 0 Å². The first kappa shape index (κ1) is 18.5. The number of fused-ring (bicyclic) bond motifs is 2. The molecule has 5 rings (SSSR count). The molecule has 4 aromatic rings. The van der Waals surface area contributed by atoms with Crippen molar-refractivity contribution >= 4 is 11.5 Å². The van der Waals surface area contributed by atoms with Crippen LogP contribution in [0.2, 0.25) is 0 Å². The fraction of sp³-hybridized carbons (Fsp3) is 0.294. The molecule has 13 heteroatoms. The molecule has 1 N–H and O–H groups in total. The first-order valence-electron chi connectivity index (χ1n) is 8.79. The molecule has 1 aliphatic heterocycles. The predicted octanol–water partition coefficient (Wildman–Crippen LogP) is 3.55. The fourth-order valence-electron chi connectivity index (χ4n) is 3.62. The molecule has 8 nitrogen and oxygen atoms in total. The number of rotatable bonds is 3. The first-order chi connectivity index (χ1) is 14.3. The van der Waals surface area contributed by atoms with Gasteiger partial charge in [0.15, 0.2) is 0 Å². The molecule has 1 aliphatic rings. The number of H-pyrrole nitrogens is 1. The molecular weight excluding hydrogens is 413 g/mol. The summed E-state index contributed by atoms with van der Waals surface area (Å²) in [5, 5.41) is 11.3. The third-order valence-corrected chi connectivity index (χ3v) is 4.89. The molecule has 0 saturated heterocycles. The zero-order valence-electron chi connectivity index (χ0n) is 14.9. The normalized spacial score (nSPS) is 17.1. The Morgan fingerprint density at radius 1 is 1.23 bits per heavy atom. The summed E-state index contributed by atoms with van der Waals surface area (Å²) in [6, 6.07) is 2.53. The maximum atomic E-state index is 13.4. The van der Waals surface area contributed by atoms with Crippen LogP contribution in [-0.2, 0) is 12.6 Å². The van der Waals surface area contributed by atoms with Crippen LogP contribution in [-0.4, -0.2) is 36.3 Å². The van der Waals surface area contributed by atoms with Gasteiger partial charge in [-0.25, -0.2) is 9.50 Å². The average molecular weight is 425 g/mol. The Kier molecular flexibility index (Phi) is 4.01. The molecule has 156 valence electrons. The summed E-state index contributed by atoms with van der Waals surface area (Å²) in [5.74, 6) is -0.842. The van der Waals surface area contributed by atoms with Crippen LogP contribution in [0.1, 0.15) is 41.0 Å². The van der Waals surface area contributed by atoms with Crippen LogP contribution < -0.4 is 4.90 Å². The monoisotopic (exact) mass is 425 g/mol. The van der Waals surface area contributed by atoms with Crippen molar-refractivity contribution in [1.29, 1.82) is 0 Å². The van der Waals surface area contributed by atoms with Crippen molar-refractivity contribution in [3.05, 3.63) is 59.3 Å². The Balaban J connectivity index is 1.65. The van der Waals surface area contributed by atoms with Gasteiger partial charge in [0.05, 0.1) is 28.8 Å². The summed E-state index contributed by atoms with van der Waals surface area (Å²) in [4.78, 5) is 8.76. The van der Waals surface area contributed by atoms with Gasteiger partial charge < -0.3 is 14.3 Å². The highest BCUT2D eigenvalue weighted by Gasteiger charge is 2.38. The summed E-state index contributed by atoms with van der Waals surface area (Å²) in [6.07, 6.45) is -4.19. The molecule has 0 radical (unpaired) electrons. The Hall–Kier alpha value is -3.51. The zero-order valence-corrected chi connectivity index (χ0v) is 14.9. The lowest BCUT2D eigenvalue weighted by atomic mass is 10.00. The molecule has 0 bridgehead atoms. The molecule has 0 spiro atoms. The van der Waals surface area contributed by atoms with Crippen LogP contribution in [0.4, 0.5) is 28.0 Å². The summed E-state index contributed by atoms with van der Waals surface area (Å²) < 4.78 is 72.2. The molecular formula is C17H12F5N7O. The Labute approximate surface area is 164 Å². The minimum absolute atomic E-state index is 0.138. The van der Waals surface area contributed by atoms with E-state index in [-0.39, 0.29) is 23.8 Å². The Bertz CT molecular complexity index is 1210. The number of pyridine rings is 1. The van der Waals surface area contributed by atoms with E-state index in [0.29, 0.717) is 12.1 Å². The molecule has 0 aliphatic carbocycles. The zero-order chi connectivity index (χ0) is 21.0. The second-order valence-corrected chi connectivity index (χ2v) is 6.65. The first-order valence-corrected chi connectivity index (χ1v) is 8.79. The number of alkyl halides is 5. The molecule has 1 atom stereocenters. The highest BCUT2D eigenvalue weighted by atomic mass is 19.4. The summed E-state index contributed by atoms with van der Waals surface area (Å²) in [5.41, 5.74) is 0.511. The lowest BCUT2D eigenvalue weighted by molar-refractivity contribution is -0.136. The second kappa shape index (κ2) is 6.50. The van der Waals surface area contributed by atoms with E-state index in [1.54, 1.807) is 0 Å². The second-order valence-electron chi connectivity index (χ2n) is 6.65.